The first-order chi connectivity index (χ1) is 13.6. The zero-order chi connectivity index (χ0) is 20.0. The van der Waals surface area contributed by atoms with E-state index in [0.29, 0.717) is 12.5 Å². The molecule has 0 radical (unpaired) electrons. The summed E-state index contributed by atoms with van der Waals surface area (Å²) in [5.41, 5.74) is 0.989. The van der Waals surface area contributed by atoms with Crippen LogP contribution in [0.15, 0.2) is 54.6 Å². The van der Waals surface area contributed by atoms with Crippen molar-refractivity contribution in [3.63, 3.8) is 0 Å². The quantitative estimate of drug-likeness (QED) is 0.464. The molecule has 152 valence electrons. The number of hydrogen-bond acceptors (Lipinski definition) is 3. The minimum atomic E-state index is 0.0714. The Hall–Kier alpha value is -2.33. The first-order valence-corrected chi connectivity index (χ1v) is 10.3. The van der Waals surface area contributed by atoms with Gasteiger partial charge in [0, 0.05) is 13.2 Å². The summed E-state index contributed by atoms with van der Waals surface area (Å²) in [4.78, 5) is 12.1. The van der Waals surface area contributed by atoms with Crippen LogP contribution in [-0.4, -0.2) is 25.2 Å². The van der Waals surface area contributed by atoms with Crippen molar-refractivity contribution < 1.29 is 14.3 Å². The fourth-order valence-electron chi connectivity index (χ4n) is 2.85. The Kier molecular flexibility index (Phi) is 10.2. The Bertz CT molecular complexity index is 668. The van der Waals surface area contributed by atoms with Crippen LogP contribution < -0.4 is 10.1 Å². The highest BCUT2D eigenvalue weighted by molar-refractivity contribution is 5.78. The van der Waals surface area contributed by atoms with E-state index in [1.54, 1.807) is 0 Å². The number of benzene rings is 2. The summed E-state index contributed by atoms with van der Waals surface area (Å²) in [5, 5.41) is 3.01. The number of amides is 1. The molecule has 0 bridgehead atoms. The van der Waals surface area contributed by atoms with Crippen molar-refractivity contribution >= 4 is 5.91 Å². The van der Waals surface area contributed by atoms with Crippen LogP contribution in [0.5, 0.6) is 11.5 Å². The summed E-state index contributed by atoms with van der Waals surface area (Å²) in [6.45, 7) is 5.73. The Morgan fingerprint density at radius 1 is 0.857 bits per heavy atom. The monoisotopic (exact) mass is 383 g/mol. The van der Waals surface area contributed by atoms with Crippen molar-refractivity contribution in [2.75, 3.05) is 13.2 Å². The fourth-order valence-corrected chi connectivity index (χ4v) is 2.85. The molecule has 2 rings (SSSR count). The molecule has 0 spiro atoms. The highest BCUT2D eigenvalue weighted by atomic mass is 16.5. The van der Waals surface area contributed by atoms with Crippen molar-refractivity contribution in [1.29, 1.82) is 0 Å². The zero-order valence-corrected chi connectivity index (χ0v) is 17.2. The van der Waals surface area contributed by atoms with Crippen LogP contribution in [-0.2, 0) is 16.0 Å². The molecule has 4 nitrogen and oxygen atoms in total. The Morgan fingerprint density at radius 2 is 1.50 bits per heavy atom. The van der Waals surface area contributed by atoms with E-state index in [-0.39, 0.29) is 5.91 Å². The van der Waals surface area contributed by atoms with Gasteiger partial charge in [-0.1, -0.05) is 49.6 Å². The van der Waals surface area contributed by atoms with Gasteiger partial charge in [0.05, 0.1) is 12.5 Å². The summed E-state index contributed by atoms with van der Waals surface area (Å²) >= 11 is 0. The van der Waals surface area contributed by atoms with Gasteiger partial charge in [-0.05, 0) is 56.5 Å². The molecule has 1 amide bonds. The van der Waals surface area contributed by atoms with Crippen molar-refractivity contribution in [1.82, 2.24) is 5.32 Å². The molecule has 0 saturated heterocycles. The fraction of sp³-hybridized carbons (Fsp3) is 0.458. The van der Waals surface area contributed by atoms with Gasteiger partial charge < -0.3 is 14.8 Å². The molecule has 0 aromatic heterocycles. The van der Waals surface area contributed by atoms with Crippen LogP contribution in [0.2, 0.25) is 0 Å². The first kappa shape index (κ1) is 22.0. The van der Waals surface area contributed by atoms with E-state index < -0.39 is 0 Å². The van der Waals surface area contributed by atoms with E-state index in [9.17, 15) is 4.79 Å². The minimum Gasteiger partial charge on any atom is -0.457 e. The maximum absolute atomic E-state index is 12.1. The van der Waals surface area contributed by atoms with Crippen molar-refractivity contribution in [2.45, 2.75) is 58.5 Å². The van der Waals surface area contributed by atoms with Crippen LogP contribution in [0, 0.1) is 0 Å². The van der Waals surface area contributed by atoms with Crippen LogP contribution in [0.25, 0.3) is 0 Å². The van der Waals surface area contributed by atoms with Gasteiger partial charge in [-0.3, -0.25) is 4.79 Å². The maximum atomic E-state index is 12.1. The number of carbonyl (C=O) groups is 1. The largest absolute Gasteiger partial charge is 0.457 e. The molecular formula is C24H33NO3. The van der Waals surface area contributed by atoms with Gasteiger partial charge >= 0.3 is 0 Å². The van der Waals surface area contributed by atoms with Crippen LogP contribution in [0.4, 0.5) is 0 Å². The van der Waals surface area contributed by atoms with Gasteiger partial charge in [0.1, 0.15) is 11.5 Å². The van der Waals surface area contributed by atoms with Gasteiger partial charge in [0.25, 0.3) is 0 Å². The lowest BCUT2D eigenvalue weighted by Gasteiger charge is -2.08. The van der Waals surface area contributed by atoms with E-state index in [0.717, 1.165) is 49.5 Å². The highest BCUT2D eigenvalue weighted by Gasteiger charge is 2.04. The second kappa shape index (κ2) is 12.9. The predicted molar refractivity (Wildman–Crippen MR) is 114 cm³/mol. The molecule has 0 atom stereocenters. The third-order valence-corrected chi connectivity index (χ3v) is 4.36. The van der Waals surface area contributed by atoms with E-state index in [2.05, 4.69) is 19.2 Å². The third-order valence-electron chi connectivity index (χ3n) is 4.36. The molecule has 0 aliphatic carbocycles. The Morgan fingerprint density at radius 3 is 2.21 bits per heavy atom. The number of hydrogen-bond donors (Lipinski definition) is 1. The molecule has 0 aliphatic heterocycles. The van der Waals surface area contributed by atoms with Gasteiger partial charge in [0.2, 0.25) is 5.91 Å². The normalized spacial score (nSPS) is 10.8. The molecule has 4 heteroatoms. The van der Waals surface area contributed by atoms with E-state index in [1.165, 1.54) is 12.8 Å². The number of rotatable bonds is 13. The van der Waals surface area contributed by atoms with Gasteiger partial charge in [-0.25, -0.2) is 0 Å². The number of unbranched alkanes of at least 4 members (excludes halogenated alkanes) is 4. The summed E-state index contributed by atoms with van der Waals surface area (Å²) < 4.78 is 11.3. The Labute approximate surface area is 169 Å². The number of para-hydroxylation sites is 1. The lowest BCUT2D eigenvalue weighted by molar-refractivity contribution is -0.120. The maximum Gasteiger partial charge on any atom is 0.224 e. The third kappa shape index (κ3) is 9.56. The standard InChI is InChI=1S/C24H33NO3/c1-20(2)27-18-10-5-3-4-9-17-25-24(26)19-21-13-15-23(16-14-21)28-22-11-7-6-8-12-22/h6-8,11-16,20H,3-5,9-10,17-19H2,1-2H3,(H,25,26). The number of carbonyl (C=O) groups excluding carboxylic acids is 1. The SMILES string of the molecule is CC(C)OCCCCCCCNC(=O)Cc1ccc(Oc2ccccc2)cc1. The van der Waals surface area contributed by atoms with Crippen LogP contribution >= 0.6 is 0 Å². The lowest BCUT2D eigenvalue weighted by atomic mass is 10.1. The average Bonchev–Trinajstić information content (AvgIpc) is 2.69. The minimum absolute atomic E-state index is 0.0714. The molecule has 1 N–H and O–H groups in total. The topological polar surface area (TPSA) is 47.6 Å². The second-order valence-electron chi connectivity index (χ2n) is 7.27. The van der Waals surface area contributed by atoms with Gasteiger partial charge in [0.15, 0.2) is 0 Å². The summed E-state index contributed by atoms with van der Waals surface area (Å²) in [7, 11) is 0. The smallest absolute Gasteiger partial charge is 0.224 e. The van der Waals surface area contributed by atoms with Crippen LogP contribution in [0.1, 0.15) is 51.5 Å². The number of ether oxygens (including phenoxy) is 2. The highest BCUT2D eigenvalue weighted by Crippen LogP contribution is 2.21. The van der Waals surface area contributed by atoms with Crippen molar-refractivity contribution in [3.05, 3.63) is 60.2 Å². The summed E-state index contributed by atoms with van der Waals surface area (Å²) in [6, 6.07) is 17.4. The molecule has 0 saturated carbocycles. The molecular weight excluding hydrogens is 350 g/mol. The van der Waals surface area contributed by atoms with Crippen molar-refractivity contribution in [2.24, 2.45) is 0 Å². The molecule has 2 aromatic rings. The first-order valence-electron chi connectivity index (χ1n) is 10.3. The van der Waals surface area contributed by atoms with E-state index >= 15 is 0 Å². The summed E-state index contributed by atoms with van der Waals surface area (Å²) in [5.74, 6) is 1.65. The molecule has 0 heterocycles. The average molecular weight is 384 g/mol. The molecule has 0 unspecified atom stereocenters. The molecule has 2 aromatic carbocycles. The summed E-state index contributed by atoms with van der Waals surface area (Å²) in [6.07, 6.45) is 6.40. The van der Waals surface area contributed by atoms with Crippen molar-refractivity contribution in [3.8, 4) is 11.5 Å². The van der Waals surface area contributed by atoms with Gasteiger partial charge in [-0.15, -0.1) is 0 Å². The van der Waals surface area contributed by atoms with E-state index in [1.807, 2.05) is 54.6 Å². The van der Waals surface area contributed by atoms with E-state index in [4.69, 9.17) is 9.47 Å². The molecule has 28 heavy (non-hydrogen) atoms. The molecule has 0 aliphatic rings. The zero-order valence-electron chi connectivity index (χ0n) is 17.2. The lowest BCUT2D eigenvalue weighted by Crippen LogP contribution is -2.26. The predicted octanol–water partition coefficient (Wildman–Crippen LogP) is 5.51. The van der Waals surface area contributed by atoms with Crippen LogP contribution in [0.3, 0.4) is 0 Å². The number of nitrogens with one attached hydrogen (secondary N) is 1. The van der Waals surface area contributed by atoms with Gasteiger partial charge in [-0.2, -0.15) is 0 Å². The Balaban J connectivity index is 1.55. The molecule has 0 fully saturated rings. The second-order valence-corrected chi connectivity index (χ2v) is 7.27.